The third-order valence-corrected chi connectivity index (χ3v) is 4.82. The molecule has 1 N–H and O–H groups in total. The summed E-state index contributed by atoms with van der Waals surface area (Å²) in [5, 5.41) is 3.21. The molecule has 0 saturated carbocycles. The van der Waals surface area contributed by atoms with Crippen molar-refractivity contribution in [2.45, 2.75) is 26.4 Å². The third-order valence-electron chi connectivity index (χ3n) is 4.39. The molecule has 7 heteroatoms. The number of hydrogen-bond donors (Lipinski definition) is 1. The molecule has 0 unspecified atom stereocenters. The summed E-state index contributed by atoms with van der Waals surface area (Å²) in [4.78, 5) is 26.5. The van der Waals surface area contributed by atoms with E-state index in [2.05, 4.69) is 5.32 Å². The van der Waals surface area contributed by atoms with E-state index in [-0.39, 0.29) is 25.0 Å². The molecular weight excluding hydrogens is 380 g/mol. The van der Waals surface area contributed by atoms with Gasteiger partial charge in [0.25, 0.3) is 5.91 Å². The van der Waals surface area contributed by atoms with Crippen molar-refractivity contribution in [3.05, 3.63) is 58.6 Å². The topological polar surface area (TPSA) is 67.9 Å². The molecule has 0 saturated heterocycles. The smallest absolute Gasteiger partial charge is 0.261 e. The summed E-state index contributed by atoms with van der Waals surface area (Å²) >= 11 is 6.02. The van der Waals surface area contributed by atoms with Crippen molar-refractivity contribution in [3.8, 4) is 11.5 Å². The fraction of sp³-hybridized carbons (Fsp3) is 0.333. The lowest BCUT2D eigenvalue weighted by molar-refractivity contribution is -0.142. The molecular formula is C21H25ClN2O4. The van der Waals surface area contributed by atoms with Crippen LogP contribution in [0.15, 0.2) is 42.5 Å². The van der Waals surface area contributed by atoms with Crippen molar-refractivity contribution in [2.75, 3.05) is 20.8 Å². The fourth-order valence-corrected chi connectivity index (χ4v) is 2.81. The minimum Gasteiger partial charge on any atom is -0.497 e. The third kappa shape index (κ3) is 5.63. The van der Waals surface area contributed by atoms with Crippen LogP contribution in [0.5, 0.6) is 11.5 Å². The van der Waals surface area contributed by atoms with Gasteiger partial charge >= 0.3 is 0 Å². The van der Waals surface area contributed by atoms with Gasteiger partial charge in [-0.2, -0.15) is 0 Å². The van der Waals surface area contributed by atoms with E-state index < -0.39 is 6.04 Å². The summed E-state index contributed by atoms with van der Waals surface area (Å²) < 4.78 is 10.9. The van der Waals surface area contributed by atoms with Gasteiger partial charge in [0.2, 0.25) is 5.91 Å². The Balaban J connectivity index is 2.15. The Morgan fingerprint density at radius 3 is 2.57 bits per heavy atom. The van der Waals surface area contributed by atoms with Gasteiger partial charge in [-0.1, -0.05) is 23.7 Å². The Kier molecular flexibility index (Phi) is 7.70. The van der Waals surface area contributed by atoms with Crippen molar-refractivity contribution < 1.29 is 19.1 Å². The zero-order valence-electron chi connectivity index (χ0n) is 16.5. The van der Waals surface area contributed by atoms with Gasteiger partial charge in [0.15, 0.2) is 6.61 Å². The van der Waals surface area contributed by atoms with Crippen LogP contribution < -0.4 is 14.8 Å². The van der Waals surface area contributed by atoms with Gasteiger partial charge in [-0.3, -0.25) is 9.59 Å². The summed E-state index contributed by atoms with van der Waals surface area (Å²) in [6.45, 7) is 3.61. The Morgan fingerprint density at radius 1 is 1.18 bits per heavy atom. The molecule has 1 atom stereocenters. The number of hydrogen-bond acceptors (Lipinski definition) is 4. The first-order valence-electron chi connectivity index (χ1n) is 8.88. The van der Waals surface area contributed by atoms with E-state index in [1.165, 1.54) is 4.90 Å². The lowest BCUT2D eigenvalue weighted by Crippen LogP contribution is -2.48. The van der Waals surface area contributed by atoms with E-state index in [1.807, 2.05) is 31.2 Å². The molecule has 2 amide bonds. The SMILES string of the molecule is CNC(=O)[C@H](C)N(Cc1cccc(OC)c1)C(=O)COc1ccc(Cl)c(C)c1. The number of halogens is 1. The zero-order chi connectivity index (χ0) is 20.7. The first kappa shape index (κ1) is 21.6. The van der Waals surface area contributed by atoms with Gasteiger partial charge in [-0.15, -0.1) is 0 Å². The summed E-state index contributed by atoms with van der Waals surface area (Å²) in [5.41, 5.74) is 1.71. The Bertz CT molecular complexity index is 841. The molecule has 150 valence electrons. The minimum absolute atomic E-state index is 0.188. The monoisotopic (exact) mass is 404 g/mol. The predicted molar refractivity (Wildman–Crippen MR) is 109 cm³/mol. The van der Waals surface area contributed by atoms with E-state index in [1.54, 1.807) is 39.3 Å². The van der Waals surface area contributed by atoms with Crippen LogP contribution in [0.3, 0.4) is 0 Å². The number of benzene rings is 2. The Hall–Kier alpha value is -2.73. The Labute approximate surface area is 170 Å². The second-order valence-electron chi connectivity index (χ2n) is 6.36. The maximum atomic E-state index is 12.9. The zero-order valence-corrected chi connectivity index (χ0v) is 17.2. The Morgan fingerprint density at radius 2 is 1.93 bits per heavy atom. The van der Waals surface area contributed by atoms with E-state index in [0.717, 1.165) is 11.1 Å². The number of nitrogens with one attached hydrogen (secondary N) is 1. The van der Waals surface area contributed by atoms with Crippen LogP contribution in [0, 0.1) is 6.92 Å². The van der Waals surface area contributed by atoms with Gasteiger partial charge in [0.1, 0.15) is 17.5 Å². The van der Waals surface area contributed by atoms with E-state index in [9.17, 15) is 9.59 Å². The molecule has 0 fully saturated rings. The number of carbonyl (C=O) groups is 2. The van der Waals surface area contributed by atoms with Crippen LogP contribution in [0.4, 0.5) is 0 Å². The van der Waals surface area contributed by atoms with Gasteiger partial charge in [-0.25, -0.2) is 0 Å². The first-order chi connectivity index (χ1) is 13.3. The fourth-order valence-electron chi connectivity index (χ4n) is 2.69. The average Bonchev–Trinajstić information content (AvgIpc) is 2.71. The van der Waals surface area contributed by atoms with Gasteiger partial charge in [-0.05, 0) is 55.3 Å². The normalized spacial score (nSPS) is 11.5. The van der Waals surface area contributed by atoms with Crippen molar-refractivity contribution in [1.82, 2.24) is 10.2 Å². The average molecular weight is 405 g/mol. The highest BCUT2D eigenvalue weighted by molar-refractivity contribution is 6.31. The molecule has 2 aromatic rings. The van der Waals surface area contributed by atoms with Crippen molar-refractivity contribution in [2.24, 2.45) is 0 Å². The predicted octanol–water partition coefficient (Wildman–Crippen LogP) is 3.20. The highest BCUT2D eigenvalue weighted by Gasteiger charge is 2.26. The van der Waals surface area contributed by atoms with Gasteiger partial charge < -0.3 is 19.7 Å². The van der Waals surface area contributed by atoms with Crippen LogP contribution >= 0.6 is 11.6 Å². The van der Waals surface area contributed by atoms with Crippen molar-refractivity contribution >= 4 is 23.4 Å². The maximum Gasteiger partial charge on any atom is 0.261 e. The number of aryl methyl sites for hydroxylation is 1. The molecule has 0 aliphatic heterocycles. The van der Waals surface area contributed by atoms with E-state index >= 15 is 0 Å². The molecule has 2 aromatic carbocycles. The molecule has 2 rings (SSSR count). The largest absolute Gasteiger partial charge is 0.497 e. The van der Waals surface area contributed by atoms with E-state index in [0.29, 0.717) is 16.5 Å². The molecule has 0 heterocycles. The number of amides is 2. The summed E-state index contributed by atoms with van der Waals surface area (Å²) in [7, 11) is 3.12. The number of ether oxygens (including phenoxy) is 2. The molecule has 28 heavy (non-hydrogen) atoms. The number of methoxy groups -OCH3 is 1. The van der Waals surface area contributed by atoms with Crippen molar-refractivity contribution in [3.63, 3.8) is 0 Å². The van der Waals surface area contributed by atoms with Crippen LogP contribution in [0.25, 0.3) is 0 Å². The molecule has 0 aliphatic rings. The number of carbonyl (C=O) groups excluding carboxylic acids is 2. The highest BCUT2D eigenvalue weighted by atomic mass is 35.5. The summed E-state index contributed by atoms with van der Waals surface area (Å²) in [6.07, 6.45) is 0. The highest BCUT2D eigenvalue weighted by Crippen LogP contribution is 2.21. The van der Waals surface area contributed by atoms with Crippen LogP contribution in [-0.4, -0.2) is 43.5 Å². The van der Waals surface area contributed by atoms with Crippen LogP contribution in [0.2, 0.25) is 5.02 Å². The second kappa shape index (κ2) is 9.99. The molecule has 0 aromatic heterocycles. The summed E-state index contributed by atoms with van der Waals surface area (Å²) in [5.74, 6) is 0.680. The number of nitrogens with zero attached hydrogens (tertiary/aromatic N) is 1. The van der Waals surface area contributed by atoms with Crippen molar-refractivity contribution in [1.29, 1.82) is 0 Å². The molecule has 0 spiro atoms. The first-order valence-corrected chi connectivity index (χ1v) is 9.26. The molecule has 0 radical (unpaired) electrons. The number of likely N-dealkylation sites (N-methyl/N-ethyl adjacent to an activating group) is 1. The molecule has 6 nitrogen and oxygen atoms in total. The number of rotatable bonds is 8. The minimum atomic E-state index is -0.653. The van der Waals surface area contributed by atoms with E-state index in [4.69, 9.17) is 21.1 Å². The van der Waals surface area contributed by atoms with Crippen LogP contribution in [-0.2, 0) is 16.1 Å². The quantitative estimate of drug-likeness (QED) is 0.733. The van der Waals surface area contributed by atoms with Crippen LogP contribution in [0.1, 0.15) is 18.1 Å². The second-order valence-corrected chi connectivity index (χ2v) is 6.77. The van der Waals surface area contributed by atoms with Gasteiger partial charge in [0, 0.05) is 18.6 Å². The molecule has 0 aliphatic carbocycles. The molecule has 0 bridgehead atoms. The summed E-state index contributed by atoms with van der Waals surface area (Å²) in [6, 6.07) is 11.9. The lowest BCUT2D eigenvalue weighted by Gasteiger charge is -2.28. The van der Waals surface area contributed by atoms with Gasteiger partial charge in [0.05, 0.1) is 7.11 Å². The lowest BCUT2D eigenvalue weighted by atomic mass is 10.1. The standard InChI is InChI=1S/C21H25ClN2O4/c1-14-10-18(8-9-19(14)22)28-13-20(25)24(15(2)21(26)23-3)12-16-6-5-7-17(11-16)27-4/h5-11,15H,12-13H2,1-4H3,(H,23,26)/t15-/m0/s1. The maximum absolute atomic E-state index is 12.9.